The lowest BCUT2D eigenvalue weighted by Crippen LogP contribution is -2.69. The summed E-state index contributed by atoms with van der Waals surface area (Å²) < 4.78 is 4.48. The number of ether oxygens (including phenoxy) is 1. The number of aromatic hydroxyl groups is 1. The highest BCUT2D eigenvalue weighted by Gasteiger charge is 2.72. The molecule has 3 aliphatic carbocycles. The summed E-state index contributed by atoms with van der Waals surface area (Å²) in [5, 5.41) is 46.1. The van der Waals surface area contributed by atoms with Crippen LogP contribution in [0.25, 0.3) is 16.9 Å². The van der Waals surface area contributed by atoms with Crippen LogP contribution in [0.3, 0.4) is 0 Å². The zero-order valence-electron chi connectivity index (χ0n) is 26.0. The SMILES string of the molecule is COC(=O)C(=O)Cc1ccc(-c2ccc(O)c3c2C[C@]2(C)C[C@]4(C)C(C(C)C)C(=O)C(C(C)=O)=C(O)[C@]4(O)C(=O)C2=C3O)cc1. The van der Waals surface area contributed by atoms with Gasteiger partial charge in [-0.2, -0.15) is 0 Å². The number of hydrogen-bond donors (Lipinski definition) is 4. The van der Waals surface area contributed by atoms with E-state index in [9.17, 15) is 44.4 Å². The molecule has 0 aromatic heterocycles. The number of esters is 1. The van der Waals surface area contributed by atoms with Crippen molar-refractivity contribution in [1.29, 1.82) is 0 Å². The molecular formula is C35H36O10. The molecule has 0 heterocycles. The number of hydrogen-bond acceptors (Lipinski definition) is 10. The lowest BCUT2D eigenvalue weighted by molar-refractivity contribution is -0.178. The third-order valence-electron chi connectivity index (χ3n) is 9.93. The largest absolute Gasteiger partial charge is 0.508 e. The number of phenolic OH excluding ortho intramolecular Hbond substituents is 1. The normalized spacial score (nSPS) is 27.6. The van der Waals surface area contributed by atoms with E-state index in [0.29, 0.717) is 22.3 Å². The first-order valence-corrected chi connectivity index (χ1v) is 14.7. The monoisotopic (exact) mass is 616 g/mol. The third-order valence-corrected chi connectivity index (χ3v) is 9.93. The molecule has 0 saturated heterocycles. The highest BCUT2D eigenvalue weighted by molar-refractivity contribution is 6.34. The van der Waals surface area contributed by atoms with Gasteiger partial charge in [0.25, 0.3) is 0 Å². The summed E-state index contributed by atoms with van der Waals surface area (Å²) in [4.78, 5) is 64.2. The van der Waals surface area contributed by atoms with Gasteiger partial charge in [0, 0.05) is 28.7 Å². The molecule has 2 aromatic rings. The van der Waals surface area contributed by atoms with E-state index in [2.05, 4.69) is 4.74 Å². The van der Waals surface area contributed by atoms with Crippen molar-refractivity contribution in [2.45, 2.75) is 59.5 Å². The lowest BCUT2D eigenvalue weighted by atomic mass is 9.43. The summed E-state index contributed by atoms with van der Waals surface area (Å²) in [6.07, 6.45) is -0.0549. The van der Waals surface area contributed by atoms with Crippen LogP contribution in [-0.2, 0) is 41.6 Å². The molecule has 236 valence electrons. The zero-order chi connectivity index (χ0) is 33.4. The maximum atomic E-state index is 14.4. The van der Waals surface area contributed by atoms with E-state index in [4.69, 9.17) is 0 Å². The summed E-state index contributed by atoms with van der Waals surface area (Å²) >= 11 is 0. The van der Waals surface area contributed by atoms with Crippen molar-refractivity contribution < 1.29 is 49.1 Å². The van der Waals surface area contributed by atoms with E-state index in [1.54, 1.807) is 58.0 Å². The lowest BCUT2D eigenvalue weighted by Gasteiger charge is -2.59. The van der Waals surface area contributed by atoms with Crippen LogP contribution in [0.4, 0.5) is 0 Å². The number of allylic oxidation sites excluding steroid dienone is 1. The summed E-state index contributed by atoms with van der Waals surface area (Å²) in [5.74, 6) is -7.41. The summed E-state index contributed by atoms with van der Waals surface area (Å²) in [6, 6.07) is 9.86. The van der Waals surface area contributed by atoms with Crippen LogP contribution in [0.5, 0.6) is 5.75 Å². The molecular weight excluding hydrogens is 580 g/mol. The molecule has 5 rings (SSSR count). The quantitative estimate of drug-likeness (QED) is 0.210. The molecule has 0 spiro atoms. The van der Waals surface area contributed by atoms with Crippen LogP contribution in [-0.4, -0.2) is 62.2 Å². The predicted molar refractivity (Wildman–Crippen MR) is 162 cm³/mol. The van der Waals surface area contributed by atoms with Gasteiger partial charge in [0.1, 0.15) is 22.8 Å². The van der Waals surface area contributed by atoms with Gasteiger partial charge in [-0.25, -0.2) is 4.79 Å². The minimum absolute atomic E-state index is 0.00645. The Morgan fingerprint density at radius 3 is 2.18 bits per heavy atom. The van der Waals surface area contributed by atoms with E-state index >= 15 is 0 Å². The molecule has 2 aromatic carbocycles. The Labute approximate surface area is 260 Å². The van der Waals surface area contributed by atoms with Crippen LogP contribution in [0.1, 0.15) is 57.7 Å². The van der Waals surface area contributed by atoms with Crippen molar-refractivity contribution in [3.63, 3.8) is 0 Å². The number of fused-ring (bicyclic) bond motifs is 3. The van der Waals surface area contributed by atoms with Crippen molar-refractivity contribution in [2.24, 2.45) is 22.7 Å². The number of carbonyl (C=O) groups excluding carboxylic acids is 5. The molecule has 4 N–H and O–H groups in total. The van der Waals surface area contributed by atoms with Crippen molar-refractivity contribution >= 4 is 34.9 Å². The van der Waals surface area contributed by atoms with Crippen molar-refractivity contribution in [3.05, 3.63) is 70.0 Å². The highest BCUT2D eigenvalue weighted by Crippen LogP contribution is 2.65. The molecule has 0 bridgehead atoms. The van der Waals surface area contributed by atoms with E-state index in [1.165, 1.54) is 6.07 Å². The molecule has 10 nitrogen and oxygen atoms in total. The molecule has 4 atom stereocenters. The summed E-state index contributed by atoms with van der Waals surface area (Å²) in [7, 11) is 1.13. The average molecular weight is 617 g/mol. The Morgan fingerprint density at radius 2 is 1.62 bits per heavy atom. The number of aliphatic hydroxyl groups is 3. The third kappa shape index (κ3) is 4.37. The molecule has 0 amide bonds. The fourth-order valence-electron chi connectivity index (χ4n) is 8.16. The average Bonchev–Trinajstić information content (AvgIpc) is 2.94. The Morgan fingerprint density at radius 1 is 1.00 bits per heavy atom. The van der Waals surface area contributed by atoms with Crippen LogP contribution in [0.15, 0.2) is 53.3 Å². The van der Waals surface area contributed by atoms with Crippen molar-refractivity contribution in [1.82, 2.24) is 0 Å². The second-order valence-electron chi connectivity index (χ2n) is 13.2. The van der Waals surface area contributed by atoms with Gasteiger partial charge in [-0.15, -0.1) is 0 Å². The Bertz CT molecular complexity index is 1760. The first-order valence-electron chi connectivity index (χ1n) is 14.7. The van der Waals surface area contributed by atoms with Gasteiger partial charge in [0.2, 0.25) is 11.6 Å². The van der Waals surface area contributed by atoms with E-state index in [-0.39, 0.29) is 36.1 Å². The van der Waals surface area contributed by atoms with Crippen LogP contribution >= 0.6 is 0 Å². The van der Waals surface area contributed by atoms with Crippen molar-refractivity contribution in [2.75, 3.05) is 7.11 Å². The predicted octanol–water partition coefficient (Wildman–Crippen LogP) is 4.14. The number of Topliss-reactive ketones (excluding diaryl/α,β-unsaturated/α-hetero) is 4. The number of aliphatic hydroxyl groups excluding tert-OH is 2. The second kappa shape index (κ2) is 10.5. The van der Waals surface area contributed by atoms with Gasteiger partial charge < -0.3 is 25.2 Å². The standard InChI is InChI=1S/C35H36O10/c1-16(2)26-28(39)24(17(3)36)30(41)35(44)31(42)27-29(40)25-21(14-33(27,4)15-34(26,35)5)20(11-12-22(25)37)19-9-7-18(8-10-19)13-23(38)32(43)45-6/h7-12,16,26,37,40-41,44H,13-15H2,1-6H3/t26?,33-,34-,35+/m1/s1. The maximum absolute atomic E-state index is 14.4. The van der Waals surface area contributed by atoms with Gasteiger partial charge in [-0.1, -0.05) is 58.0 Å². The van der Waals surface area contributed by atoms with E-state index in [0.717, 1.165) is 14.0 Å². The number of ketones is 4. The molecule has 10 heteroatoms. The van der Waals surface area contributed by atoms with Crippen molar-refractivity contribution in [3.8, 4) is 16.9 Å². The molecule has 45 heavy (non-hydrogen) atoms. The molecule has 1 unspecified atom stereocenters. The zero-order valence-corrected chi connectivity index (χ0v) is 26.0. The van der Waals surface area contributed by atoms with E-state index in [1.807, 2.05) is 0 Å². The Kier molecular flexibility index (Phi) is 7.44. The molecule has 1 fully saturated rings. The van der Waals surface area contributed by atoms with E-state index < -0.39 is 74.5 Å². The second-order valence-corrected chi connectivity index (χ2v) is 13.2. The summed E-state index contributed by atoms with van der Waals surface area (Å²) in [5.41, 5.74) is -3.84. The highest BCUT2D eigenvalue weighted by atomic mass is 16.5. The fourth-order valence-corrected chi connectivity index (χ4v) is 8.16. The Hall–Kier alpha value is -4.57. The number of rotatable bonds is 6. The van der Waals surface area contributed by atoms with Gasteiger partial charge >= 0.3 is 5.97 Å². The van der Waals surface area contributed by atoms with Crippen LogP contribution in [0.2, 0.25) is 0 Å². The molecule has 0 aliphatic heterocycles. The van der Waals surface area contributed by atoms with Crippen LogP contribution < -0.4 is 0 Å². The molecule has 3 aliphatic rings. The number of phenols is 1. The smallest absolute Gasteiger partial charge is 0.374 e. The number of methoxy groups -OCH3 is 1. The van der Waals surface area contributed by atoms with Gasteiger partial charge in [-0.3, -0.25) is 19.2 Å². The summed E-state index contributed by atoms with van der Waals surface area (Å²) in [6.45, 7) is 7.88. The topological polar surface area (TPSA) is 176 Å². The van der Waals surface area contributed by atoms with Gasteiger partial charge in [0.15, 0.2) is 17.2 Å². The minimum atomic E-state index is -2.68. The molecule has 1 saturated carbocycles. The minimum Gasteiger partial charge on any atom is -0.508 e. The van der Waals surface area contributed by atoms with Gasteiger partial charge in [-0.05, 0) is 54.0 Å². The van der Waals surface area contributed by atoms with Gasteiger partial charge in [0.05, 0.1) is 12.7 Å². The molecule has 0 radical (unpaired) electrons. The first kappa shape index (κ1) is 31.8. The van der Waals surface area contributed by atoms with Crippen LogP contribution in [0, 0.1) is 22.7 Å². The maximum Gasteiger partial charge on any atom is 0.374 e. The Balaban J connectivity index is 1.69. The number of carbonyl (C=O) groups is 5. The number of benzene rings is 2. The fraction of sp³-hybridized carbons (Fsp3) is 0.400. The first-order chi connectivity index (χ1) is 20.9.